The van der Waals surface area contributed by atoms with Crippen LogP contribution in [0.3, 0.4) is 0 Å². The van der Waals surface area contributed by atoms with E-state index in [1.54, 1.807) is 7.11 Å². The van der Waals surface area contributed by atoms with Gasteiger partial charge in [-0.05, 0) is 30.9 Å². The highest BCUT2D eigenvalue weighted by Gasteiger charge is 2.62. The van der Waals surface area contributed by atoms with Crippen LogP contribution in [-0.4, -0.2) is 35.8 Å². The molecule has 2 aromatic rings. The van der Waals surface area contributed by atoms with E-state index in [9.17, 15) is 9.59 Å². The first-order chi connectivity index (χ1) is 14.1. The smallest absolute Gasteiger partial charge is 0.236 e. The molecule has 0 radical (unpaired) electrons. The molecule has 152 valence electrons. The molecule has 2 aromatic carbocycles. The lowest BCUT2D eigenvalue weighted by Crippen LogP contribution is -2.73. The number of carbonyl (C=O) groups is 2. The van der Waals surface area contributed by atoms with E-state index in [4.69, 9.17) is 4.74 Å². The fourth-order valence-corrected chi connectivity index (χ4v) is 5.34. The molecule has 1 heterocycles. The fourth-order valence-electron chi connectivity index (χ4n) is 5.34. The maximum atomic E-state index is 13.2. The van der Waals surface area contributed by atoms with E-state index in [-0.39, 0.29) is 23.8 Å². The third kappa shape index (κ3) is 3.20. The summed E-state index contributed by atoms with van der Waals surface area (Å²) in [5, 5.41) is 0. The van der Waals surface area contributed by atoms with Gasteiger partial charge in [-0.1, -0.05) is 79.9 Å². The van der Waals surface area contributed by atoms with Crippen molar-refractivity contribution in [1.29, 1.82) is 0 Å². The molecule has 0 spiro atoms. The van der Waals surface area contributed by atoms with E-state index in [1.165, 1.54) is 13.3 Å². The summed E-state index contributed by atoms with van der Waals surface area (Å²) in [6, 6.07) is 19.9. The minimum atomic E-state index is -0.885. The lowest BCUT2D eigenvalue weighted by molar-refractivity contribution is -0.187. The Morgan fingerprint density at radius 1 is 0.931 bits per heavy atom. The van der Waals surface area contributed by atoms with Gasteiger partial charge in [0.05, 0.1) is 6.04 Å². The van der Waals surface area contributed by atoms with E-state index in [1.807, 2.05) is 65.6 Å². The summed E-state index contributed by atoms with van der Waals surface area (Å²) in [7, 11) is 1.69. The van der Waals surface area contributed by atoms with E-state index in [0.29, 0.717) is 0 Å². The Kier molecular flexibility index (Phi) is 5.55. The molecule has 4 nitrogen and oxygen atoms in total. The largest absolute Gasteiger partial charge is 0.367 e. The molecule has 2 atom stereocenters. The van der Waals surface area contributed by atoms with Crippen molar-refractivity contribution in [3.63, 3.8) is 0 Å². The van der Waals surface area contributed by atoms with E-state index < -0.39 is 11.5 Å². The first-order valence-corrected chi connectivity index (χ1v) is 10.6. The van der Waals surface area contributed by atoms with Crippen LogP contribution in [0.1, 0.15) is 50.2 Å². The number of carbonyl (C=O) groups excluding carboxylic acids is 2. The number of benzene rings is 2. The van der Waals surface area contributed by atoms with Gasteiger partial charge in [0.2, 0.25) is 5.91 Å². The number of hydrogen-bond donors (Lipinski definition) is 0. The molecule has 2 fully saturated rings. The topological polar surface area (TPSA) is 46.6 Å². The quantitative estimate of drug-likeness (QED) is 0.544. The lowest BCUT2D eigenvalue weighted by atomic mass is 9.66. The van der Waals surface area contributed by atoms with Crippen LogP contribution in [-0.2, 0) is 19.9 Å². The monoisotopic (exact) mass is 391 g/mol. The molecular formula is C25H29NO3. The van der Waals surface area contributed by atoms with Gasteiger partial charge < -0.3 is 9.64 Å². The van der Waals surface area contributed by atoms with E-state index >= 15 is 0 Å². The average molecular weight is 392 g/mol. The first kappa shape index (κ1) is 19.8. The summed E-state index contributed by atoms with van der Waals surface area (Å²) in [5.74, 6) is -0.791. The number of β-lactam (4-membered cyclic amide) rings is 1. The summed E-state index contributed by atoms with van der Waals surface area (Å²) in [5.41, 5.74) is 1.06. The number of amides is 1. The molecule has 1 amide bonds. The predicted molar refractivity (Wildman–Crippen MR) is 112 cm³/mol. The molecule has 4 heteroatoms. The SMILES string of the molecule is COC(c1ccccc1)(c1ccccc1)[C@@H]1[C@@H](C(C)=O)C(=O)N1C1CCCCC1. The minimum absolute atomic E-state index is 0.0392. The van der Waals surface area contributed by atoms with Crippen molar-refractivity contribution < 1.29 is 14.3 Å². The van der Waals surface area contributed by atoms with Crippen LogP contribution in [0.4, 0.5) is 0 Å². The van der Waals surface area contributed by atoms with Crippen LogP contribution in [0.2, 0.25) is 0 Å². The number of ketones is 1. The second kappa shape index (κ2) is 8.11. The van der Waals surface area contributed by atoms with Crippen LogP contribution in [0.25, 0.3) is 0 Å². The van der Waals surface area contributed by atoms with Gasteiger partial charge in [-0.2, -0.15) is 0 Å². The lowest BCUT2D eigenvalue weighted by Gasteiger charge is -2.58. The Hall–Kier alpha value is -2.46. The van der Waals surface area contributed by atoms with Crippen molar-refractivity contribution in [1.82, 2.24) is 4.90 Å². The number of methoxy groups -OCH3 is 1. The predicted octanol–water partition coefficient (Wildman–Crippen LogP) is 4.33. The zero-order chi connectivity index (χ0) is 20.4. The molecule has 29 heavy (non-hydrogen) atoms. The molecule has 1 saturated heterocycles. The third-order valence-corrected chi connectivity index (χ3v) is 6.69. The molecule has 1 saturated carbocycles. The molecule has 0 N–H and O–H groups in total. The molecule has 0 aromatic heterocycles. The Labute approximate surface area is 172 Å². The molecule has 2 aliphatic rings. The maximum Gasteiger partial charge on any atom is 0.236 e. The number of ether oxygens (including phenoxy) is 1. The van der Waals surface area contributed by atoms with Gasteiger partial charge in [0.15, 0.2) is 0 Å². The summed E-state index contributed by atoms with van der Waals surface area (Å²) >= 11 is 0. The van der Waals surface area contributed by atoms with Crippen LogP contribution in [0.15, 0.2) is 60.7 Å². The summed E-state index contributed by atoms with van der Waals surface area (Å²) in [6.45, 7) is 1.53. The minimum Gasteiger partial charge on any atom is -0.367 e. The van der Waals surface area contributed by atoms with Crippen LogP contribution in [0, 0.1) is 5.92 Å². The van der Waals surface area contributed by atoms with E-state index in [2.05, 4.69) is 0 Å². The van der Waals surface area contributed by atoms with Gasteiger partial charge in [0.25, 0.3) is 0 Å². The summed E-state index contributed by atoms with van der Waals surface area (Å²) in [6.07, 6.45) is 5.46. The zero-order valence-corrected chi connectivity index (χ0v) is 17.2. The van der Waals surface area contributed by atoms with E-state index in [0.717, 1.165) is 36.8 Å². The maximum absolute atomic E-state index is 13.2. The standard InChI is InChI=1S/C25H29NO3/c1-18(27)22-23(26(24(22)28)21-16-10-5-11-17-21)25(29-2,19-12-6-3-7-13-19)20-14-8-4-9-15-20/h3-4,6-9,12-15,21-23H,5,10-11,16-17H2,1-2H3/t22-,23+/m1/s1. The van der Waals surface area contributed by atoms with Gasteiger partial charge >= 0.3 is 0 Å². The fraction of sp³-hybridized carbons (Fsp3) is 0.440. The number of likely N-dealkylation sites (tertiary alicyclic amines) is 1. The Morgan fingerprint density at radius 3 is 1.90 bits per heavy atom. The van der Waals surface area contributed by atoms with Crippen LogP contribution >= 0.6 is 0 Å². The molecule has 1 aliphatic carbocycles. The van der Waals surface area contributed by atoms with Gasteiger partial charge in [-0.25, -0.2) is 0 Å². The highest BCUT2D eigenvalue weighted by molar-refractivity contribution is 6.06. The number of rotatable bonds is 6. The van der Waals surface area contributed by atoms with Gasteiger partial charge in [-0.15, -0.1) is 0 Å². The highest BCUT2D eigenvalue weighted by Crippen LogP contribution is 2.49. The summed E-state index contributed by atoms with van der Waals surface area (Å²) < 4.78 is 6.32. The normalized spacial score (nSPS) is 23.0. The number of Topliss-reactive ketones (excluding diaryl/α,β-unsaturated/α-hetero) is 1. The molecule has 0 unspecified atom stereocenters. The second-order valence-corrected chi connectivity index (χ2v) is 8.24. The van der Waals surface area contributed by atoms with Crippen molar-refractivity contribution >= 4 is 11.7 Å². The zero-order valence-electron chi connectivity index (χ0n) is 17.2. The Bertz CT molecular complexity index is 819. The van der Waals surface area contributed by atoms with Crippen molar-refractivity contribution in [2.45, 2.75) is 56.7 Å². The van der Waals surface area contributed by atoms with Crippen molar-refractivity contribution in [2.24, 2.45) is 5.92 Å². The van der Waals surface area contributed by atoms with Crippen LogP contribution in [0.5, 0.6) is 0 Å². The van der Waals surface area contributed by atoms with Crippen molar-refractivity contribution in [2.75, 3.05) is 7.11 Å². The average Bonchev–Trinajstić information content (AvgIpc) is 2.76. The van der Waals surface area contributed by atoms with Gasteiger partial charge in [0.1, 0.15) is 17.3 Å². The Balaban J connectivity index is 1.89. The summed E-state index contributed by atoms with van der Waals surface area (Å²) in [4.78, 5) is 27.8. The first-order valence-electron chi connectivity index (χ1n) is 10.6. The van der Waals surface area contributed by atoms with Gasteiger partial charge in [0, 0.05) is 13.2 Å². The van der Waals surface area contributed by atoms with Crippen molar-refractivity contribution in [3.05, 3.63) is 71.8 Å². The second-order valence-electron chi connectivity index (χ2n) is 8.24. The third-order valence-electron chi connectivity index (χ3n) is 6.69. The molecule has 4 rings (SSSR count). The van der Waals surface area contributed by atoms with Gasteiger partial charge in [-0.3, -0.25) is 9.59 Å². The molecular weight excluding hydrogens is 362 g/mol. The molecule has 1 aliphatic heterocycles. The molecule has 0 bridgehead atoms. The van der Waals surface area contributed by atoms with Crippen LogP contribution < -0.4 is 0 Å². The Morgan fingerprint density at radius 2 is 1.45 bits per heavy atom. The van der Waals surface area contributed by atoms with Crippen molar-refractivity contribution in [3.8, 4) is 0 Å². The number of nitrogens with zero attached hydrogens (tertiary/aromatic N) is 1. The number of hydrogen-bond acceptors (Lipinski definition) is 3. The highest BCUT2D eigenvalue weighted by atomic mass is 16.5.